The number of hydrogen-bond donors (Lipinski definition) is 2. The number of fused-ring (bicyclic) bond motifs is 1. The van der Waals surface area contributed by atoms with Crippen LogP contribution in [0.2, 0.25) is 0 Å². The lowest BCUT2D eigenvalue weighted by Gasteiger charge is -2.45. The Morgan fingerprint density at radius 2 is 1.94 bits per heavy atom. The van der Waals surface area contributed by atoms with Crippen molar-refractivity contribution in [2.24, 2.45) is 23.0 Å². The SMILES string of the molecule is NC[C@@]1(CC(=O)O)CCC2CCCC[C@H]2C1. The topological polar surface area (TPSA) is 63.3 Å². The third kappa shape index (κ3) is 2.40. The molecule has 0 aliphatic heterocycles. The number of carboxylic acids is 1. The molecule has 0 aromatic carbocycles. The standard InChI is InChI=1S/C13H23NO2/c14-9-13(8-12(15)16)6-5-10-3-1-2-4-11(10)7-13/h10-11H,1-9,14H2,(H,15,16)/t10?,11-,13-/m0/s1. The minimum Gasteiger partial charge on any atom is -0.481 e. The smallest absolute Gasteiger partial charge is 0.303 e. The molecule has 2 fully saturated rings. The molecule has 2 aliphatic rings. The van der Waals surface area contributed by atoms with Crippen molar-refractivity contribution < 1.29 is 9.90 Å². The van der Waals surface area contributed by atoms with E-state index < -0.39 is 5.97 Å². The fourth-order valence-corrected chi connectivity index (χ4v) is 3.82. The molecule has 0 amide bonds. The van der Waals surface area contributed by atoms with E-state index in [4.69, 9.17) is 10.8 Å². The first-order chi connectivity index (χ1) is 7.65. The molecule has 92 valence electrons. The molecule has 3 atom stereocenters. The Labute approximate surface area is 97.4 Å². The first-order valence-electron chi connectivity index (χ1n) is 6.57. The highest BCUT2D eigenvalue weighted by atomic mass is 16.4. The van der Waals surface area contributed by atoms with Gasteiger partial charge < -0.3 is 10.8 Å². The Morgan fingerprint density at radius 1 is 1.25 bits per heavy atom. The van der Waals surface area contributed by atoms with E-state index in [1.807, 2.05) is 0 Å². The van der Waals surface area contributed by atoms with Gasteiger partial charge in [0.05, 0.1) is 6.42 Å². The van der Waals surface area contributed by atoms with Gasteiger partial charge in [0.1, 0.15) is 0 Å². The molecule has 2 aliphatic carbocycles. The normalized spacial score (nSPS) is 39.1. The molecule has 0 aromatic heterocycles. The fourth-order valence-electron chi connectivity index (χ4n) is 3.82. The van der Waals surface area contributed by atoms with Crippen LogP contribution in [-0.4, -0.2) is 17.6 Å². The van der Waals surface area contributed by atoms with Crippen molar-refractivity contribution in [3.05, 3.63) is 0 Å². The molecule has 0 radical (unpaired) electrons. The van der Waals surface area contributed by atoms with Crippen LogP contribution in [0, 0.1) is 17.3 Å². The van der Waals surface area contributed by atoms with Gasteiger partial charge in [-0.05, 0) is 43.1 Å². The number of carbonyl (C=O) groups is 1. The monoisotopic (exact) mass is 225 g/mol. The molecule has 0 spiro atoms. The summed E-state index contributed by atoms with van der Waals surface area (Å²) in [5, 5.41) is 9.00. The molecule has 3 nitrogen and oxygen atoms in total. The lowest BCUT2D eigenvalue weighted by Crippen LogP contribution is -2.41. The Kier molecular flexibility index (Phi) is 3.53. The molecule has 0 bridgehead atoms. The van der Waals surface area contributed by atoms with Crippen LogP contribution in [0.3, 0.4) is 0 Å². The predicted molar refractivity (Wildman–Crippen MR) is 63.0 cm³/mol. The first-order valence-corrected chi connectivity index (χ1v) is 6.57. The van der Waals surface area contributed by atoms with Crippen LogP contribution in [-0.2, 0) is 4.79 Å². The third-order valence-corrected chi connectivity index (χ3v) is 4.77. The van der Waals surface area contributed by atoms with Crippen LogP contribution in [0.15, 0.2) is 0 Å². The zero-order chi connectivity index (χ0) is 11.6. The quantitative estimate of drug-likeness (QED) is 0.775. The molecule has 3 N–H and O–H groups in total. The molecular formula is C13H23NO2. The summed E-state index contributed by atoms with van der Waals surface area (Å²) in [7, 11) is 0. The molecule has 1 unspecified atom stereocenters. The van der Waals surface area contributed by atoms with Gasteiger partial charge in [-0.25, -0.2) is 0 Å². The minimum absolute atomic E-state index is 0.0929. The second-order valence-corrected chi connectivity index (χ2v) is 5.82. The summed E-state index contributed by atoms with van der Waals surface area (Å²) in [6, 6.07) is 0. The molecule has 0 saturated heterocycles. The van der Waals surface area contributed by atoms with Gasteiger partial charge in [-0.2, -0.15) is 0 Å². The summed E-state index contributed by atoms with van der Waals surface area (Å²) < 4.78 is 0. The number of hydrogen-bond acceptors (Lipinski definition) is 2. The summed E-state index contributed by atoms with van der Waals surface area (Å²) in [5.74, 6) is 0.937. The summed E-state index contributed by atoms with van der Waals surface area (Å²) in [6.45, 7) is 0.544. The van der Waals surface area contributed by atoms with Crippen molar-refractivity contribution in [3.8, 4) is 0 Å². The summed E-state index contributed by atoms with van der Waals surface area (Å²) in [6.07, 6.45) is 8.91. The van der Waals surface area contributed by atoms with Crippen LogP contribution in [0.1, 0.15) is 51.4 Å². The Morgan fingerprint density at radius 3 is 2.56 bits per heavy atom. The van der Waals surface area contributed by atoms with Crippen molar-refractivity contribution in [1.82, 2.24) is 0 Å². The van der Waals surface area contributed by atoms with E-state index >= 15 is 0 Å². The zero-order valence-corrected chi connectivity index (χ0v) is 9.95. The van der Waals surface area contributed by atoms with Crippen LogP contribution in [0.5, 0.6) is 0 Å². The van der Waals surface area contributed by atoms with Gasteiger partial charge in [-0.1, -0.05) is 25.7 Å². The molecule has 0 aromatic rings. The molecule has 0 heterocycles. The lowest BCUT2D eigenvalue weighted by molar-refractivity contribution is -0.141. The molecule has 2 saturated carbocycles. The van der Waals surface area contributed by atoms with Crippen LogP contribution >= 0.6 is 0 Å². The Bertz CT molecular complexity index is 267. The third-order valence-electron chi connectivity index (χ3n) is 4.77. The maximum atomic E-state index is 10.9. The van der Waals surface area contributed by atoms with Crippen molar-refractivity contribution in [2.75, 3.05) is 6.54 Å². The number of carboxylic acid groups (broad SMARTS) is 1. The van der Waals surface area contributed by atoms with E-state index in [1.54, 1.807) is 0 Å². The molecule has 2 rings (SSSR count). The molecule has 3 heteroatoms. The highest BCUT2D eigenvalue weighted by Gasteiger charge is 2.41. The largest absolute Gasteiger partial charge is 0.481 e. The molecule has 16 heavy (non-hydrogen) atoms. The summed E-state index contributed by atoms with van der Waals surface area (Å²) in [5.41, 5.74) is 5.75. The number of rotatable bonds is 3. The van der Waals surface area contributed by atoms with E-state index in [-0.39, 0.29) is 11.8 Å². The van der Waals surface area contributed by atoms with Gasteiger partial charge in [0, 0.05) is 0 Å². The van der Waals surface area contributed by atoms with Gasteiger partial charge in [0.15, 0.2) is 0 Å². The molecular weight excluding hydrogens is 202 g/mol. The zero-order valence-electron chi connectivity index (χ0n) is 9.95. The van der Waals surface area contributed by atoms with E-state index in [0.29, 0.717) is 6.54 Å². The van der Waals surface area contributed by atoms with Gasteiger partial charge in [-0.3, -0.25) is 4.79 Å². The van der Waals surface area contributed by atoms with E-state index in [1.165, 1.54) is 32.1 Å². The van der Waals surface area contributed by atoms with E-state index in [2.05, 4.69) is 0 Å². The van der Waals surface area contributed by atoms with Crippen LogP contribution < -0.4 is 5.73 Å². The maximum absolute atomic E-state index is 10.9. The lowest BCUT2D eigenvalue weighted by atomic mass is 9.60. The van der Waals surface area contributed by atoms with Crippen molar-refractivity contribution in [2.45, 2.75) is 51.4 Å². The van der Waals surface area contributed by atoms with Crippen LogP contribution in [0.4, 0.5) is 0 Å². The first kappa shape index (κ1) is 11.9. The van der Waals surface area contributed by atoms with Gasteiger partial charge >= 0.3 is 5.97 Å². The number of aliphatic carboxylic acids is 1. The fraction of sp³-hybridized carbons (Fsp3) is 0.923. The summed E-state index contributed by atoms with van der Waals surface area (Å²) >= 11 is 0. The highest BCUT2D eigenvalue weighted by Crippen LogP contribution is 2.49. The predicted octanol–water partition coefficient (Wildman–Crippen LogP) is 2.40. The maximum Gasteiger partial charge on any atom is 0.303 e. The Balaban J connectivity index is 2.03. The Hall–Kier alpha value is -0.570. The van der Waals surface area contributed by atoms with Crippen molar-refractivity contribution >= 4 is 5.97 Å². The second-order valence-electron chi connectivity index (χ2n) is 5.82. The summed E-state index contributed by atoms with van der Waals surface area (Å²) in [4.78, 5) is 10.9. The van der Waals surface area contributed by atoms with Crippen molar-refractivity contribution in [1.29, 1.82) is 0 Å². The van der Waals surface area contributed by atoms with Gasteiger partial charge in [-0.15, -0.1) is 0 Å². The van der Waals surface area contributed by atoms with E-state index in [9.17, 15) is 4.79 Å². The average Bonchev–Trinajstić information content (AvgIpc) is 2.28. The van der Waals surface area contributed by atoms with Crippen molar-refractivity contribution in [3.63, 3.8) is 0 Å². The second kappa shape index (κ2) is 4.74. The number of nitrogens with two attached hydrogens (primary N) is 1. The highest BCUT2D eigenvalue weighted by molar-refractivity contribution is 5.67. The van der Waals surface area contributed by atoms with Gasteiger partial charge in [0.25, 0.3) is 0 Å². The average molecular weight is 225 g/mol. The van der Waals surface area contributed by atoms with Gasteiger partial charge in [0.2, 0.25) is 0 Å². The van der Waals surface area contributed by atoms with Crippen LogP contribution in [0.25, 0.3) is 0 Å². The minimum atomic E-state index is -0.681. The van der Waals surface area contributed by atoms with E-state index in [0.717, 1.165) is 24.7 Å².